The van der Waals surface area contributed by atoms with Crippen LogP contribution in [0.25, 0.3) is 0 Å². The number of methoxy groups -OCH3 is 1. The number of hydrogen-bond donors (Lipinski definition) is 1. The normalized spacial score (nSPS) is 19.4. The monoisotopic (exact) mass is 576 g/mol. The maximum Gasteiger partial charge on any atom is 0.247 e. The van der Waals surface area contributed by atoms with Gasteiger partial charge >= 0.3 is 0 Å². The van der Waals surface area contributed by atoms with Gasteiger partial charge in [0.2, 0.25) is 11.8 Å². The average molecular weight is 578 g/mol. The van der Waals surface area contributed by atoms with Gasteiger partial charge in [0.1, 0.15) is 11.0 Å². The summed E-state index contributed by atoms with van der Waals surface area (Å²) < 4.78 is 6.15. The lowest BCUT2D eigenvalue weighted by atomic mass is 9.98. The molecule has 3 aromatic rings. The lowest BCUT2D eigenvalue weighted by Crippen LogP contribution is -2.32. The van der Waals surface area contributed by atoms with E-state index in [1.165, 1.54) is 4.90 Å². The molecule has 2 aliphatic rings. The van der Waals surface area contributed by atoms with E-state index in [4.69, 9.17) is 15.2 Å². The third-order valence-electron chi connectivity index (χ3n) is 6.45. The van der Waals surface area contributed by atoms with Crippen molar-refractivity contribution < 1.29 is 14.3 Å². The number of halogens is 1. The first-order valence-electron chi connectivity index (χ1n) is 11.8. The van der Waals surface area contributed by atoms with Crippen LogP contribution >= 0.6 is 27.7 Å². The van der Waals surface area contributed by atoms with Crippen molar-refractivity contribution in [2.45, 2.75) is 31.1 Å². The Kier molecular flexibility index (Phi) is 7.17. The van der Waals surface area contributed by atoms with Gasteiger partial charge in [0.15, 0.2) is 5.17 Å². The number of carbonyl (C=O) groups excluding carboxylic acids is 2. The van der Waals surface area contributed by atoms with E-state index in [1.54, 1.807) is 36.4 Å². The Morgan fingerprint density at radius 1 is 1.00 bits per heavy atom. The number of hydrogen-bond acceptors (Lipinski definition) is 6. The second-order valence-corrected chi connectivity index (χ2v) is 11.0. The molecule has 1 fully saturated rings. The van der Waals surface area contributed by atoms with Crippen LogP contribution in [0.2, 0.25) is 0 Å². The number of nitrogens with zero attached hydrogens (tertiary/aromatic N) is 3. The van der Waals surface area contributed by atoms with Gasteiger partial charge in [-0.05, 0) is 54.4 Å². The number of amidine groups is 1. The van der Waals surface area contributed by atoms with Crippen molar-refractivity contribution in [1.82, 2.24) is 5.01 Å². The van der Waals surface area contributed by atoms with Gasteiger partial charge in [-0.1, -0.05) is 69.7 Å². The van der Waals surface area contributed by atoms with E-state index < -0.39 is 5.25 Å². The molecule has 37 heavy (non-hydrogen) atoms. The number of imide groups is 1. The van der Waals surface area contributed by atoms with Crippen LogP contribution in [0.1, 0.15) is 35.6 Å². The van der Waals surface area contributed by atoms with Crippen LogP contribution in [0.5, 0.6) is 5.75 Å². The van der Waals surface area contributed by atoms with Gasteiger partial charge < -0.3 is 4.74 Å². The predicted molar refractivity (Wildman–Crippen MR) is 150 cm³/mol. The molecule has 1 N–H and O–H groups in total. The molecule has 0 radical (unpaired) electrons. The van der Waals surface area contributed by atoms with Crippen molar-refractivity contribution in [3.8, 4) is 5.75 Å². The van der Waals surface area contributed by atoms with Crippen molar-refractivity contribution in [2.75, 3.05) is 12.0 Å². The van der Waals surface area contributed by atoms with Gasteiger partial charge in [-0.25, -0.2) is 9.91 Å². The molecule has 1 saturated heterocycles. The summed E-state index contributed by atoms with van der Waals surface area (Å²) in [5, 5.41) is 14.9. The summed E-state index contributed by atoms with van der Waals surface area (Å²) >= 11 is 4.57. The largest absolute Gasteiger partial charge is 0.497 e. The summed E-state index contributed by atoms with van der Waals surface area (Å²) in [5.41, 5.74) is 4.57. The molecule has 3 aromatic carbocycles. The first-order chi connectivity index (χ1) is 17.8. The third kappa shape index (κ3) is 5.19. The van der Waals surface area contributed by atoms with Crippen molar-refractivity contribution in [1.29, 1.82) is 5.41 Å². The molecule has 9 heteroatoms. The van der Waals surface area contributed by atoms with Gasteiger partial charge in [0, 0.05) is 17.3 Å². The number of benzene rings is 3. The van der Waals surface area contributed by atoms with Crippen LogP contribution < -0.4 is 9.64 Å². The molecule has 7 nitrogen and oxygen atoms in total. The molecular weight excluding hydrogens is 552 g/mol. The van der Waals surface area contributed by atoms with E-state index in [2.05, 4.69) is 15.9 Å². The lowest BCUT2D eigenvalue weighted by Gasteiger charge is -2.24. The molecule has 2 atom stereocenters. The summed E-state index contributed by atoms with van der Waals surface area (Å²) in [6.07, 6.45) is 0.659. The minimum atomic E-state index is -0.689. The van der Waals surface area contributed by atoms with Gasteiger partial charge in [0.25, 0.3) is 0 Å². The Balaban J connectivity index is 1.38. The Labute approximate surface area is 228 Å². The number of amides is 2. The highest BCUT2D eigenvalue weighted by Gasteiger charge is 2.42. The number of nitrogens with one attached hydrogen (secondary N) is 1. The highest BCUT2D eigenvalue weighted by Crippen LogP contribution is 2.38. The maximum absolute atomic E-state index is 13.2. The minimum Gasteiger partial charge on any atom is -0.497 e. The van der Waals surface area contributed by atoms with Gasteiger partial charge in [0.05, 0.1) is 24.6 Å². The number of rotatable bonds is 5. The third-order valence-corrected chi connectivity index (χ3v) is 8.04. The zero-order chi connectivity index (χ0) is 26.1. The lowest BCUT2D eigenvalue weighted by molar-refractivity contribution is -0.121. The smallest absolute Gasteiger partial charge is 0.247 e. The number of thioether (sulfide) groups is 1. The summed E-state index contributed by atoms with van der Waals surface area (Å²) in [5.74, 6) is 0.0352. The van der Waals surface area contributed by atoms with E-state index in [-0.39, 0.29) is 29.4 Å². The van der Waals surface area contributed by atoms with E-state index in [0.29, 0.717) is 17.9 Å². The molecule has 188 valence electrons. The molecule has 0 saturated carbocycles. The Morgan fingerprint density at radius 3 is 2.32 bits per heavy atom. The van der Waals surface area contributed by atoms with E-state index >= 15 is 0 Å². The van der Waals surface area contributed by atoms with Gasteiger partial charge in [-0.15, -0.1) is 0 Å². The van der Waals surface area contributed by atoms with Crippen LogP contribution in [0.4, 0.5) is 5.69 Å². The second kappa shape index (κ2) is 10.5. The highest BCUT2D eigenvalue weighted by molar-refractivity contribution is 9.10. The van der Waals surface area contributed by atoms with Crippen molar-refractivity contribution >= 4 is 56.1 Å². The minimum absolute atomic E-state index is 0.0310. The number of aryl methyl sites for hydroxylation is 1. The average Bonchev–Trinajstić information content (AvgIpc) is 3.46. The molecule has 0 bridgehead atoms. The second-order valence-electron chi connectivity index (χ2n) is 8.91. The topological polar surface area (TPSA) is 86.1 Å². The molecule has 2 heterocycles. The van der Waals surface area contributed by atoms with Crippen LogP contribution in [0.3, 0.4) is 0 Å². The highest BCUT2D eigenvalue weighted by atomic mass is 79.9. The fraction of sp³-hybridized carbons (Fsp3) is 0.214. The molecular formula is C28H25BrN4O3S. The fourth-order valence-electron chi connectivity index (χ4n) is 4.45. The van der Waals surface area contributed by atoms with Crippen LogP contribution in [-0.4, -0.2) is 40.1 Å². The van der Waals surface area contributed by atoms with E-state index in [1.807, 2.05) is 55.5 Å². The number of carbonyl (C=O) groups is 2. The summed E-state index contributed by atoms with van der Waals surface area (Å²) in [4.78, 5) is 27.2. The first kappa shape index (κ1) is 25.2. The first-order valence-corrected chi connectivity index (χ1v) is 13.5. The zero-order valence-electron chi connectivity index (χ0n) is 20.3. The van der Waals surface area contributed by atoms with E-state index in [0.717, 1.165) is 38.6 Å². The Hall–Kier alpha value is -3.43. The number of anilines is 1. The van der Waals surface area contributed by atoms with Crippen LogP contribution in [-0.2, 0) is 9.59 Å². The number of hydrazone groups is 1. The summed E-state index contributed by atoms with van der Waals surface area (Å²) in [6, 6.07) is 22.8. The van der Waals surface area contributed by atoms with Crippen molar-refractivity contribution in [3.63, 3.8) is 0 Å². The quantitative estimate of drug-likeness (QED) is 0.231. The molecule has 2 aliphatic heterocycles. The molecule has 0 aliphatic carbocycles. The van der Waals surface area contributed by atoms with Crippen molar-refractivity contribution in [3.05, 3.63) is 94.0 Å². The maximum atomic E-state index is 13.2. The van der Waals surface area contributed by atoms with Crippen molar-refractivity contribution in [2.24, 2.45) is 5.10 Å². The standard InChI is InChI=1S/C28H25BrN4O3S/c1-17-3-5-18(6-4-17)23-15-24(19-7-9-20(29)10-8-19)33(31-23)28(30)37-25-16-26(34)32(27(25)35)21-11-13-22(36-2)14-12-21/h3-14,24-25,30H,15-16H2,1-2H3/t24-,25-/m0/s1. The SMILES string of the molecule is COc1ccc(N2C(=O)C[C@H](SC(=N)N3N=C(c4ccc(C)cc4)C[C@H]3c3ccc(Br)cc3)C2=O)cc1. The summed E-state index contributed by atoms with van der Waals surface area (Å²) in [6.45, 7) is 2.04. The molecule has 0 unspecified atom stereocenters. The Morgan fingerprint density at radius 2 is 1.68 bits per heavy atom. The van der Waals surface area contributed by atoms with Crippen LogP contribution in [0, 0.1) is 12.3 Å². The Bertz CT molecular complexity index is 1370. The zero-order valence-corrected chi connectivity index (χ0v) is 22.8. The molecule has 5 rings (SSSR count). The fourth-order valence-corrected chi connectivity index (χ4v) is 5.69. The number of ether oxygens (including phenoxy) is 1. The van der Waals surface area contributed by atoms with Gasteiger partial charge in [-0.3, -0.25) is 15.0 Å². The molecule has 2 amide bonds. The van der Waals surface area contributed by atoms with E-state index in [9.17, 15) is 9.59 Å². The van der Waals surface area contributed by atoms with Gasteiger partial charge in [-0.2, -0.15) is 5.10 Å². The van der Waals surface area contributed by atoms with Crippen LogP contribution in [0.15, 0.2) is 82.4 Å². The summed E-state index contributed by atoms with van der Waals surface area (Å²) in [7, 11) is 1.56. The predicted octanol–water partition coefficient (Wildman–Crippen LogP) is 5.92. The molecule has 0 spiro atoms. The molecule has 0 aromatic heterocycles.